The van der Waals surface area contributed by atoms with Gasteiger partial charge in [-0.3, -0.25) is 4.79 Å². The molecule has 1 heterocycles. The highest BCUT2D eigenvalue weighted by Crippen LogP contribution is 2.38. The number of carbonyl (C=O) groups is 1. The van der Waals surface area contributed by atoms with E-state index in [0.717, 1.165) is 10.0 Å². The maximum Gasteiger partial charge on any atom is 0.258 e. The van der Waals surface area contributed by atoms with Crippen LogP contribution < -0.4 is 19.5 Å². The number of halogens is 2. The summed E-state index contributed by atoms with van der Waals surface area (Å²) in [4.78, 5) is 11.9. The largest absolute Gasteiger partial charge is 0.486 e. The van der Waals surface area contributed by atoms with E-state index in [2.05, 4.69) is 21.2 Å². The van der Waals surface area contributed by atoms with Gasteiger partial charge in [-0.25, -0.2) is 0 Å². The summed E-state index contributed by atoms with van der Waals surface area (Å²) in [6.07, 6.45) is 0. The molecular weight excluding hydrogens is 398 g/mol. The number of rotatable bonds is 5. The van der Waals surface area contributed by atoms with E-state index in [4.69, 9.17) is 25.8 Å². The summed E-state index contributed by atoms with van der Waals surface area (Å²) in [5.41, 5.74) is 0.833. The van der Waals surface area contributed by atoms with Crippen molar-refractivity contribution >= 4 is 33.4 Å². The lowest BCUT2D eigenvalue weighted by Crippen LogP contribution is -2.28. The molecule has 0 atom stereocenters. The van der Waals surface area contributed by atoms with Gasteiger partial charge < -0.3 is 19.5 Å². The quantitative estimate of drug-likeness (QED) is 0.816. The summed E-state index contributed by atoms with van der Waals surface area (Å²) in [7, 11) is 0. The Kier molecular flexibility index (Phi) is 5.48. The van der Waals surface area contributed by atoms with Gasteiger partial charge in [-0.1, -0.05) is 33.6 Å². The number of amides is 1. The van der Waals surface area contributed by atoms with Gasteiger partial charge in [0.25, 0.3) is 5.91 Å². The SMILES string of the molecule is O=C(COc1cccc(Br)c1)NCc1cc(Cl)c2c(c1)OCCO2. The highest BCUT2D eigenvalue weighted by atomic mass is 79.9. The first-order chi connectivity index (χ1) is 11.6. The van der Waals surface area contributed by atoms with Crippen LogP contribution in [0, 0.1) is 0 Å². The summed E-state index contributed by atoms with van der Waals surface area (Å²) in [5, 5.41) is 3.26. The van der Waals surface area contributed by atoms with Gasteiger partial charge in [0, 0.05) is 11.0 Å². The molecule has 0 spiro atoms. The molecule has 0 aromatic heterocycles. The van der Waals surface area contributed by atoms with Crippen molar-refractivity contribution in [2.45, 2.75) is 6.54 Å². The average Bonchev–Trinajstić information content (AvgIpc) is 2.58. The first-order valence-corrected chi connectivity index (χ1v) is 8.52. The van der Waals surface area contributed by atoms with E-state index in [9.17, 15) is 4.79 Å². The molecule has 5 nitrogen and oxygen atoms in total. The lowest BCUT2D eigenvalue weighted by molar-refractivity contribution is -0.123. The maximum atomic E-state index is 11.9. The van der Waals surface area contributed by atoms with E-state index in [1.54, 1.807) is 18.2 Å². The molecule has 7 heteroatoms. The minimum atomic E-state index is -0.221. The van der Waals surface area contributed by atoms with Crippen molar-refractivity contribution in [1.29, 1.82) is 0 Å². The van der Waals surface area contributed by atoms with Crippen LogP contribution in [0.3, 0.4) is 0 Å². The molecule has 0 radical (unpaired) electrons. The smallest absolute Gasteiger partial charge is 0.258 e. The van der Waals surface area contributed by atoms with Crippen molar-refractivity contribution in [2.75, 3.05) is 19.8 Å². The van der Waals surface area contributed by atoms with Gasteiger partial charge in [0.05, 0.1) is 5.02 Å². The topological polar surface area (TPSA) is 56.8 Å². The van der Waals surface area contributed by atoms with Gasteiger partial charge in [0.2, 0.25) is 0 Å². The summed E-state index contributed by atoms with van der Waals surface area (Å²) in [5.74, 6) is 1.56. The number of fused-ring (bicyclic) bond motifs is 1. The molecule has 3 rings (SSSR count). The molecular formula is C17H15BrClNO4. The Morgan fingerprint density at radius 2 is 2.08 bits per heavy atom. The van der Waals surface area contributed by atoms with Crippen LogP contribution in [-0.4, -0.2) is 25.7 Å². The van der Waals surface area contributed by atoms with E-state index in [1.165, 1.54) is 0 Å². The van der Waals surface area contributed by atoms with Crippen LogP contribution >= 0.6 is 27.5 Å². The maximum absolute atomic E-state index is 11.9. The van der Waals surface area contributed by atoms with Crippen LogP contribution in [0.5, 0.6) is 17.2 Å². The van der Waals surface area contributed by atoms with Crippen molar-refractivity contribution in [2.24, 2.45) is 0 Å². The highest BCUT2D eigenvalue weighted by molar-refractivity contribution is 9.10. The molecule has 1 amide bonds. The third-order valence-corrected chi connectivity index (χ3v) is 4.09. The summed E-state index contributed by atoms with van der Waals surface area (Å²) in [6.45, 7) is 1.24. The summed E-state index contributed by atoms with van der Waals surface area (Å²) in [6, 6.07) is 10.9. The lowest BCUT2D eigenvalue weighted by atomic mass is 10.2. The second-order valence-electron chi connectivity index (χ2n) is 5.12. The zero-order valence-corrected chi connectivity index (χ0v) is 15.0. The minimum Gasteiger partial charge on any atom is -0.486 e. The van der Waals surface area contributed by atoms with E-state index in [1.807, 2.05) is 18.2 Å². The highest BCUT2D eigenvalue weighted by Gasteiger charge is 2.16. The number of hydrogen-bond acceptors (Lipinski definition) is 4. The molecule has 0 saturated carbocycles. The Morgan fingerprint density at radius 3 is 2.92 bits per heavy atom. The molecule has 1 N–H and O–H groups in total. The first-order valence-electron chi connectivity index (χ1n) is 7.35. The number of ether oxygens (including phenoxy) is 3. The molecule has 2 aromatic rings. The predicted molar refractivity (Wildman–Crippen MR) is 93.9 cm³/mol. The molecule has 1 aliphatic heterocycles. The second-order valence-corrected chi connectivity index (χ2v) is 6.45. The van der Waals surface area contributed by atoms with Crippen LogP contribution in [0.25, 0.3) is 0 Å². The molecule has 2 aromatic carbocycles. The monoisotopic (exact) mass is 411 g/mol. The van der Waals surface area contributed by atoms with Crippen LogP contribution in [0.4, 0.5) is 0 Å². The minimum absolute atomic E-state index is 0.0608. The Hall–Kier alpha value is -1.92. The van der Waals surface area contributed by atoms with E-state index < -0.39 is 0 Å². The van der Waals surface area contributed by atoms with Gasteiger partial charge in [-0.2, -0.15) is 0 Å². The van der Waals surface area contributed by atoms with Crippen LogP contribution in [0.15, 0.2) is 40.9 Å². The van der Waals surface area contributed by atoms with Crippen molar-refractivity contribution in [3.05, 3.63) is 51.5 Å². The average molecular weight is 413 g/mol. The fourth-order valence-electron chi connectivity index (χ4n) is 2.22. The van der Waals surface area contributed by atoms with E-state index >= 15 is 0 Å². The fourth-order valence-corrected chi connectivity index (χ4v) is 2.89. The van der Waals surface area contributed by atoms with Crippen LogP contribution in [0.1, 0.15) is 5.56 Å². The lowest BCUT2D eigenvalue weighted by Gasteiger charge is -2.20. The second kappa shape index (κ2) is 7.77. The van der Waals surface area contributed by atoms with Gasteiger partial charge in [0.1, 0.15) is 19.0 Å². The van der Waals surface area contributed by atoms with Crippen molar-refractivity contribution in [1.82, 2.24) is 5.32 Å². The molecule has 126 valence electrons. The number of hydrogen-bond donors (Lipinski definition) is 1. The van der Waals surface area contributed by atoms with Crippen molar-refractivity contribution < 1.29 is 19.0 Å². The molecule has 0 aliphatic carbocycles. The van der Waals surface area contributed by atoms with Crippen molar-refractivity contribution in [3.8, 4) is 17.2 Å². The van der Waals surface area contributed by atoms with E-state index in [0.29, 0.717) is 42.0 Å². The molecule has 0 saturated heterocycles. The Balaban J connectivity index is 1.53. The van der Waals surface area contributed by atoms with Gasteiger partial charge in [-0.05, 0) is 35.9 Å². The molecule has 0 fully saturated rings. The first kappa shape index (κ1) is 16.9. The Morgan fingerprint density at radius 1 is 1.25 bits per heavy atom. The van der Waals surface area contributed by atoms with Crippen LogP contribution in [-0.2, 0) is 11.3 Å². The Labute approximate surface area is 153 Å². The number of carbonyl (C=O) groups excluding carboxylic acids is 1. The standard InChI is InChI=1S/C17H15BrClNO4/c18-12-2-1-3-13(8-12)24-10-16(21)20-9-11-6-14(19)17-15(7-11)22-4-5-23-17/h1-3,6-8H,4-5,9-10H2,(H,20,21). The van der Waals surface area contributed by atoms with Crippen LogP contribution in [0.2, 0.25) is 5.02 Å². The Bertz CT molecular complexity index is 753. The summed E-state index contributed by atoms with van der Waals surface area (Å²) < 4.78 is 17.3. The fraction of sp³-hybridized carbons (Fsp3) is 0.235. The van der Waals surface area contributed by atoms with Gasteiger partial charge >= 0.3 is 0 Å². The number of nitrogens with one attached hydrogen (secondary N) is 1. The predicted octanol–water partition coefficient (Wildman–Crippen LogP) is 3.57. The zero-order valence-electron chi connectivity index (χ0n) is 12.7. The third kappa shape index (κ3) is 4.33. The summed E-state index contributed by atoms with van der Waals surface area (Å²) >= 11 is 9.52. The molecule has 24 heavy (non-hydrogen) atoms. The zero-order chi connectivity index (χ0) is 16.9. The molecule has 0 bridgehead atoms. The van der Waals surface area contributed by atoms with E-state index in [-0.39, 0.29) is 12.5 Å². The van der Waals surface area contributed by atoms with Crippen molar-refractivity contribution in [3.63, 3.8) is 0 Å². The molecule has 0 unspecified atom stereocenters. The normalized spacial score (nSPS) is 12.6. The third-order valence-electron chi connectivity index (χ3n) is 3.31. The number of benzene rings is 2. The van der Waals surface area contributed by atoms with Gasteiger partial charge in [-0.15, -0.1) is 0 Å². The van der Waals surface area contributed by atoms with Gasteiger partial charge in [0.15, 0.2) is 18.1 Å². The molecule has 1 aliphatic rings.